The van der Waals surface area contributed by atoms with Gasteiger partial charge in [0.15, 0.2) is 6.61 Å². The summed E-state index contributed by atoms with van der Waals surface area (Å²) in [7, 11) is 1.75. The van der Waals surface area contributed by atoms with E-state index >= 15 is 0 Å². The fraction of sp³-hybridized carbons (Fsp3) is 0.167. The molecule has 1 aromatic heterocycles. The number of aromatic nitrogens is 2. The van der Waals surface area contributed by atoms with Gasteiger partial charge in [-0.2, -0.15) is 5.10 Å². The molecule has 2 aromatic rings. The largest absolute Gasteiger partial charge is 0.483 e. The second-order valence-corrected chi connectivity index (χ2v) is 4.67. The Morgan fingerprint density at radius 3 is 3.00 bits per heavy atom. The average molecular weight is 328 g/mol. The SMILES string of the molecule is Cn1cc(NC(=O)COc2ccc(F)cc2Br)cn1. The van der Waals surface area contributed by atoms with Crippen LogP contribution in [0, 0.1) is 5.82 Å². The predicted molar refractivity (Wildman–Crippen MR) is 71.4 cm³/mol. The van der Waals surface area contributed by atoms with Gasteiger partial charge in [0.2, 0.25) is 0 Å². The van der Waals surface area contributed by atoms with Gasteiger partial charge in [-0.3, -0.25) is 9.48 Å². The molecular formula is C12H11BrFN3O2. The summed E-state index contributed by atoms with van der Waals surface area (Å²) in [5, 5.41) is 6.55. The van der Waals surface area contributed by atoms with E-state index in [0.29, 0.717) is 15.9 Å². The number of carbonyl (C=O) groups is 1. The first kappa shape index (κ1) is 13.5. The van der Waals surface area contributed by atoms with Crippen molar-refractivity contribution < 1.29 is 13.9 Å². The lowest BCUT2D eigenvalue weighted by Crippen LogP contribution is -2.20. The second-order valence-electron chi connectivity index (χ2n) is 3.81. The lowest BCUT2D eigenvalue weighted by molar-refractivity contribution is -0.118. The summed E-state index contributed by atoms with van der Waals surface area (Å²) in [5.41, 5.74) is 0.592. The maximum absolute atomic E-state index is 12.9. The molecule has 0 fully saturated rings. The number of hydrogen-bond acceptors (Lipinski definition) is 3. The highest BCUT2D eigenvalue weighted by Gasteiger charge is 2.07. The highest BCUT2D eigenvalue weighted by atomic mass is 79.9. The number of halogens is 2. The van der Waals surface area contributed by atoms with Crippen LogP contribution in [0.2, 0.25) is 0 Å². The van der Waals surface area contributed by atoms with Gasteiger partial charge in [0.25, 0.3) is 5.91 Å². The Morgan fingerprint density at radius 2 is 2.37 bits per heavy atom. The third-order valence-corrected chi connectivity index (χ3v) is 2.86. The van der Waals surface area contributed by atoms with Gasteiger partial charge >= 0.3 is 0 Å². The Kier molecular flexibility index (Phi) is 4.16. The molecule has 0 aliphatic carbocycles. The number of rotatable bonds is 4. The van der Waals surface area contributed by atoms with Crippen LogP contribution < -0.4 is 10.1 Å². The minimum absolute atomic E-state index is 0.168. The topological polar surface area (TPSA) is 56.2 Å². The number of nitrogens with one attached hydrogen (secondary N) is 1. The Hall–Kier alpha value is -1.89. The summed E-state index contributed by atoms with van der Waals surface area (Å²) in [5.74, 6) is -0.286. The van der Waals surface area contributed by atoms with E-state index in [1.807, 2.05) is 0 Å². The molecule has 1 amide bonds. The zero-order valence-corrected chi connectivity index (χ0v) is 11.6. The molecule has 0 aliphatic rings. The molecule has 0 spiro atoms. The van der Waals surface area contributed by atoms with Gasteiger partial charge in [-0.05, 0) is 34.1 Å². The van der Waals surface area contributed by atoms with Gasteiger partial charge in [0.1, 0.15) is 11.6 Å². The van der Waals surface area contributed by atoms with Crippen LogP contribution in [0.5, 0.6) is 5.75 Å². The van der Waals surface area contributed by atoms with Crippen LogP contribution >= 0.6 is 15.9 Å². The van der Waals surface area contributed by atoms with Crippen molar-refractivity contribution in [1.82, 2.24) is 9.78 Å². The smallest absolute Gasteiger partial charge is 0.262 e. The van der Waals surface area contributed by atoms with E-state index < -0.39 is 0 Å². The van der Waals surface area contributed by atoms with E-state index in [0.717, 1.165) is 0 Å². The van der Waals surface area contributed by atoms with E-state index in [1.54, 1.807) is 17.9 Å². The van der Waals surface area contributed by atoms with Gasteiger partial charge in [0, 0.05) is 13.2 Å². The minimum atomic E-state index is -0.376. The van der Waals surface area contributed by atoms with E-state index in [1.165, 1.54) is 24.4 Å². The van der Waals surface area contributed by atoms with Crippen molar-refractivity contribution in [3.05, 3.63) is 40.9 Å². The molecule has 1 heterocycles. The standard InChI is InChI=1S/C12H11BrFN3O2/c1-17-6-9(5-15-17)16-12(18)7-19-11-3-2-8(14)4-10(11)13/h2-6H,7H2,1H3,(H,16,18). The van der Waals surface area contributed by atoms with Gasteiger partial charge in [-0.15, -0.1) is 0 Å². The van der Waals surface area contributed by atoms with Crippen LogP contribution in [-0.2, 0) is 11.8 Å². The molecule has 0 bridgehead atoms. The number of anilines is 1. The second kappa shape index (κ2) is 5.83. The molecule has 0 radical (unpaired) electrons. The number of carbonyl (C=O) groups excluding carboxylic acids is 1. The first-order valence-corrected chi connectivity index (χ1v) is 6.20. The van der Waals surface area contributed by atoms with Crippen LogP contribution in [0.1, 0.15) is 0 Å². The number of nitrogens with zero attached hydrogens (tertiary/aromatic N) is 2. The van der Waals surface area contributed by atoms with Crippen molar-refractivity contribution in [1.29, 1.82) is 0 Å². The lowest BCUT2D eigenvalue weighted by Gasteiger charge is -2.07. The highest BCUT2D eigenvalue weighted by molar-refractivity contribution is 9.10. The molecule has 5 nitrogen and oxygen atoms in total. The van der Waals surface area contributed by atoms with E-state index in [9.17, 15) is 9.18 Å². The zero-order chi connectivity index (χ0) is 13.8. The number of aryl methyl sites for hydroxylation is 1. The number of ether oxygens (including phenoxy) is 1. The van der Waals surface area contributed by atoms with E-state index in [2.05, 4.69) is 26.3 Å². The zero-order valence-electron chi connectivity index (χ0n) is 10.1. The molecule has 0 unspecified atom stereocenters. The summed E-state index contributed by atoms with van der Waals surface area (Å²) in [6, 6.07) is 3.99. The molecular weight excluding hydrogens is 317 g/mol. The number of hydrogen-bond donors (Lipinski definition) is 1. The summed E-state index contributed by atoms with van der Waals surface area (Å²) in [4.78, 5) is 11.6. The van der Waals surface area contributed by atoms with Gasteiger partial charge in [-0.1, -0.05) is 0 Å². The average Bonchev–Trinajstić information content (AvgIpc) is 2.73. The third kappa shape index (κ3) is 3.78. The summed E-state index contributed by atoms with van der Waals surface area (Å²) in [6.45, 7) is -0.168. The molecule has 100 valence electrons. The third-order valence-electron chi connectivity index (χ3n) is 2.24. The first-order chi connectivity index (χ1) is 9.04. The maximum atomic E-state index is 12.9. The molecule has 2 rings (SSSR count). The van der Waals surface area contributed by atoms with Gasteiger partial charge < -0.3 is 10.1 Å². The quantitative estimate of drug-likeness (QED) is 0.937. The lowest BCUT2D eigenvalue weighted by atomic mass is 10.3. The molecule has 1 N–H and O–H groups in total. The Morgan fingerprint density at radius 1 is 1.58 bits per heavy atom. The molecule has 0 saturated heterocycles. The summed E-state index contributed by atoms with van der Waals surface area (Å²) >= 11 is 3.16. The van der Waals surface area contributed by atoms with Crippen molar-refractivity contribution >= 4 is 27.5 Å². The van der Waals surface area contributed by atoms with Crippen LogP contribution in [0.25, 0.3) is 0 Å². The maximum Gasteiger partial charge on any atom is 0.262 e. The van der Waals surface area contributed by atoms with Gasteiger partial charge in [0.05, 0.1) is 16.4 Å². The molecule has 1 aromatic carbocycles. The normalized spacial score (nSPS) is 10.3. The van der Waals surface area contributed by atoms with Crippen molar-refractivity contribution in [3.63, 3.8) is 0 Å². The summed E-state index contributed by atoms with van der Waals surface area (Å²) in [6.07, 6.45) is 3.21. The van der Waals surface area contributed by atoms with Crippen molar-refractivity contribution in [3.8, 4) is 5.75 Å². The minimum Gasteiger partial charge on any atom is -0.483 e. The fourth-order valence-corrected chi connectivity index (χ4v) is 1.88. The van der Waals surface area contributed by atoms with E-state index in [-0.39, 0.29) is 18.3 Å². The molecule has 0 atom stereocenters. The monoisotopic (exact) mass is 327 g/mol. The van der Waals surface area contributed by atoms with Crippen LogP contribution in [-0.4, -0.2) is 22.3 Å². The Balaban J connectivity index is 1.89. The molecule has 19 heavy (non-hydrogen) atoms. The van der Waals surface area contributed by atoms with Crippen LogP contribution in [0.4, 0.5) is 10.1 Å². The highest BCUT2D eigenvalue weighted by Crippen LogP contribution is 2.25. The Labute approximate surface area is 117 Å². The number of benzene rings is 1. The van der Waals surface area contributed by atoms with E-state index in [4.69, 9.17) is 4.74 Å². The molecule has 7 heteroatoms. The number of amides is 1. The van der Waals surface area contributed by atoms with Crippen molar-refractivity contribution in [2.24, 2.45) is 7.05 Å². The Bertz CT molecular complexity index is 600. The van der Waals surface area contributed by atoms with Crippen molar-refractivity contribution in [2.75, 3.05) is 11.9 Å². The van der Waals surface area contributed by atoms with Crippen molar-refractivity contribution in [2.45, 2.75) is 0 Å². The van der Waals surface area contributed by atoms with Gasteiger partial charge in [-0.25, -0.2) is 4.39 Å². The fourth-order valence-electron chi connectivity index (χ4n) is 1.42. The summed E-state index contributed by atoms with van der Waals surface area (Å²) < 4.78 is 20.2. The molecule has 0 saturated carbocycles. The van der Waals surface area contributed by atoms with Crippen LogP contribution in [0.3, 0.4) is 0 Å². The molecule has 0 aliphatic heterocycles. The van der Waals surface area contributed by atoms with Crippen LogP contribution in [0.15, 0.2) is 35.1 Å². The predicted octanol–water partition coefficient (Wildman–Crippen LogP) is 2.34. The first-order valence-electron chi connectivity index (χ1n) is 5.41.